The van der Waals surface area contributed by atoms with Crippen molar-refractivity contribution in [2.24, 2.45) is 0 Å². The summed E-state index contributed by atoms with van der Waals surface area (Å²) in [5, 5.41) is 12.6. The Kier molecular flexibility index (Phi) is 5.57. The Morgan fingerprint density at radius 1 is 1.21 bits per heavy atom. The number of nitrogens with zero attached hydrogens (tertiary/aromatic N) is 3. The van der Waals surface area contributed by atoms with Crippen LogP contribution in [0.2, 0.25) is 0 Å². The average Bonchev–Trinajstić information content (AvgIpc) is 2.76. The zero-order valence-corrected chi connectivity index (χ0v) is 12.3. The van der Waals surface area contributed by atoms with Crippen molar-refractivity contribution in [3.8, 4) is 0 Å². The third-order valence-corrected chi connectivity index (χ3v) is 4.19. The van der Waals surface area contributed by atoms with Crippen LogP contribution >= 0.6 is 11.3 Å². The van der Waals surface area contributed by atoms with Crippen molar-refractivity contribution in [3.05, 3.63) is 5.01 Å². The van der Waals surface area contributed by atoms with Gasteiger partial charge in [-0.3, -0.25) is 5.32 Å². The molecule has 0 bridgehead atoms. The molecular weight excluding hydrogens is 260 g/mol. The quantitative estimate of drug-likeness (QED) is 0.925. The lowest BCUT2D eigenvalue weighted by molar-refractivity contribution is 0.206. The predicted octanol–water partition coefficient (Wildman–Crippen LogP) is 3.29. The van der Waals surface area contributed by atoms with Gasteiger partial charge in [0.25, 0.3) is 0 Å². The summed E-state index contributed by atoms with van der Waals surface area (Å²) >= 11 is 1.48. The molecule has 1 fully saturated rings. The molecule has 0 spiro atoms. The smallest absolute Gasteiger partial charge is 0.323 e. The molecule has 0 aromatic carbocycles. The molecule has 1 aliphatic heterocycles. The molecule has 6 heteroatoms. The zero-order valence-electron chi connectivity index (χ0n) is 11.5. The van der Waals surface area contributed by atoms with Crippen LogP contribution in [-0.2, 0) is 6.42 Å². The zero-order chi connectivity index (χ0) is 13.5. The molecule has 0 radical (unpaired) electrons. The molecule has 0 aliphatic carbocycles. The maximum Gasteiger partial charge on any atom is 0.323 e. The number of urea groups is 1. The highest BCUT2D eigenvalue weighted by Crippen LogP contribution is 2.18. The van der Waals surface area contributed by atoms with Gasteiger partial charge in [-0.1, -0.05) is 37.5 Å². The molecule has 19 heavy (non-hydrogen) atoms. The second-order valence-electron chi connectivity index (χ2n) is 4.94. The van der Waals surface area contributed by atoms with Gasteiger partial charge >= 0.3 is 6.03 Å². The minimum Gasteiger partial charge on any atom is -0.324 e. The van der Waals surface area contributed by atoms with Crippen LogP contribution in [0.5, 0.6) is 0 Å². The first-order valence-corrected chi connectivity index (χ1v) is 7.99. The van der Waals surface area contributed by atoms with Gasteiger partial charge in [-0.2, -0.15) is 0 Å². The van der Waals surface area contributed by atoms with Crippen molar-refractivity contribution in [1.82, 2.24) is 15.1 Å². The highest BCUT2D eigenvalue weighted by Gasteiger charge is 2.16. The number of carbonyl (C=O) groups is 1. The minimum absolute atomic E-state index is 0.0268. The van der Waals surface area contributed by atoms with Crippen LogP contribution < -0.4 is 5.32 Å². The summed E-state index contributed by atoms with van der Waals surface area (Å²) in [4.78, 5) is 14.1. The third-order valence-electron chi connectivity index (χ3n) is 3.29. The van der Waals surface area contributed by atoms with Crippen LogP contribution in [0.15, 0.2) is 0 Å². The number of rotatable bonds is 3. The lowest BCUT2D eigenvalue weighted by Gasteiger charge is -2.24. The Labute approximate surface area is 118 Å². The Morgan fingerprint density at radius 2 is 1.89 bits per heavy atom. The number of carbonyl (C=O) groups excluding carboxylic acids is 1. The second-order valence-corrected chi connectivity index (χ2v) is 6.00. The van der Waals surface area contributed by atoms with Gasteiger partial charge in [0.2, 0.25) is 5.13 Å². The number of nitrogens with one attached hydrogen (secondary N) is 1. The first-order chi connectivity index (χ1) is 9.29. The van der Waals surface area contributed by atoms with Gasteiger partial charge in [0.1, 0.15) is 5.01 Å². The van der Waals surface area contributed by atoms with E-state index < -0.39 is 0 Å². The molecule has 2 amide bonds. The van der Waals surface area contributed by atoms with E-state index in [4.69, 9.17) is 0 Å². The van der Waals surface area contributed by atoms with Crippen LogP contribution in [0.25, 0.3) is 0 Å². The molecule has 1 aromatic rings. The lowest BCUT2D eigenvalue weighted by Crippen LogP contribution is -2.37. The van der Waals surface area contributed by atoms with Gasteiger partial charge < -0.3 is 4.90 Å². The molecule has 2 heterocycles. The molecule has 1 aromatic heterocycles. The van der Waals surface area contributed by atoms with E-state index in [2.05, 4.69) is 22.4 Å². The average molecular weight is 282 g/mol. The number of hydrogen-bond donors (Lipinski definition) is 1. The summed E-state index contributed by atoms with van der Waals surface area (Å²) in [7, 11) is 0. The summed E-state index contributed by atoms with van der Waals surface area (Å²) in [6.45, 7) is 3.82. The Bertz CT molecular complexity index is 399. The largest absolute Gasteiger partial charge is 0.324 e. The minimum atomic E-state index is -0.0268. The normalized spacial score (nSPS) is 16.8. The number of hydrogen-bond acceptors (Lipinski definition) is 4. The number of aromatic nitrogens is 2. The topological polar surface area (TPSA) is 58.1 Å². The second kappa shape index (κ2) is 7.43. The van der Waals surface area contributed by atoms with Gasteiger partial charge in [-0.15, -0.1) is 10.2 Å². The molecule has 0 atom stereocenters. The van der Waals surface area contributed by atoms with Crippen LogP contribution in [0.1, 0.15) is 50.5 Å². The van der Waals surface area contributed by atoms with E-state index in [1.807, 2.05) is 4.90 Å². The summed E-state index contributed by atoms with van der Waals surface area (Å²) in [6.07, 6.45) is 7.93. The molecule has 1 N–H and O–H groups in total. The number of aryl methyl sites for hydroxylation is 1. The van der Waals surface area contributed by atoms with E-state index in [1.165, 1.54) is 30.6 Å². The number of amides is 2. The number of anilines is 1. The van der Waals surface area contributed by atoms with Crippen LogP contribution in [0, 0.1) is 0 Å². The van der Waals surface area contributed by atoms with E-state index in [0.717, 1.165) is 43.8 Å². The molecule has 106 valence electrons. The molecule has 1 saturated heterocycles. The van der Waals surface area contributed by atoms with Crippen molar-refractivity contribution >= 4 is 22.5 Å². The van der Waals surface area contributed by atoms with E-state index in [9.17, 15) is 4.79 Å². The standard InChI is InChI=1S/C13H22N4OS/c1-2-8-11-15-16-12(19-11)14-13(18)17-9-6-4-3-5-7-10-17/h2-10H2,1H3,(H,14,16,18). The monoisotopic (exact) mass is 282 g/mol. The fraction of sp³-hybridized carbons (Fsp3) is 0.769. The summed E-state index contributed by atoms with van der Waals surface area (Å²) in [5.41, 5.74) is 0. The van der Waals surface area contributed by atoms with Crippen molar-refractivity contribution < 1.29 is 4.79 Å². The van der Waals surface area contributed by atoms with Crippen molar-refractivity contribution in [2.75, 3.05) is 18.4 Å². The fourth-order valence-electron chi connectivity index (χ4n) is 2.24. The highest BCUT2D eigenvalue weighted by molar-refractivity contribution is 7.15. The number of likely N-dealkylation sites (tertiary alicyclic amines) is 1. The lowest BCUT2D eigenvalue weighted by atomic mass is 10.1. The van der Waals surface area contributed by atoms with E-state index in [1.54, 1.807) is 0 Å². The Morgan fingerprint density at radius 3 is 2.58 bits per heavy atom. The Hall–Kier alpha value is -1.17. The van der Waals surface area contributed by atoms with Crippen molar-refractivity contribution in [1.29, 1.82) is 0 Å². The van der Waals surface area contributed by atoms with Crippen molar-refractivity contribution in [2.45, 2.75) is 51.9 Å². The molecule has 2 rings (SSSR count). The van der Waals surface area contributed by atoms with Gasteiger partial charge in [0.05, 0.1) is 0 Å². The first-order valence-electron chi connectivity index (χ1n) is 7.18. The Balaban J connectivity index is 1.87. The molecule has 0 saturated carbocycles. The predicted molar refractivity (Wildman–Crippen MR) is 77.6 cm³/mol. The molecule has 5 nitrogen and oxygen atoms in total. The summed E-state index contributed by atoms with van der Waals surface area (Å²) in [6, 6.07) is -0.0268. The molecule has 0 unspecified atom stereocenters. The maximum atomic E-state index is 12.2. The van der Waals surface area contributed by atoms with Crippen molar-refractivity contribution in [3.63, 3.8) is 0 Å². The van der Waals surface area contributed by atoms with Gasteiger partial charge in [-0.25, -0.2) is 4.79 Å². The molecule has 1 aliphatic rings. The first kappa shape index (κ1) is 14.2. The van der Waals surface area contributed by atoms with Gasteiger partial charge in [0, 0.05) is 19.5 Å². The van der Waals surface area contributed by atoms with Crippen LogP contribution in [0.4, 0.5) is 9.93 Å². The fourth-order valence-corrected chi connectivity index (χ4v) is 3.07. The molecular formula is C13H22N4OS. The summed E-state index contributed by atoms with van der Waals surface area (Å²) < 4.78 is 0. The van der Waals surface area contributed by atoms with E-state index in [0.29, 0.717) is 5.13 Å². The maximum absolute atomic E-state index is 12.2. The van der Waals surface area contributed by atoms with E-state index in [-0.39, 0.29) is 6.03 Å². The third kappa shape index (κ3) is 4.45. The SMILES string of the molecule is CCCc1nnc(NC(=O)N2CCCCCCC2)s1. The van der Waals surface area contributed by atoms with Crippen LogP contribution in [0.3, 0.4) is 0 Å². The van der Waals surface area contributed by atoms with Gasteiger partial charge in [0.15, 0.2) is 0 Å². The highest BCUT2D eigenvalue weighted by atomic mass is 32.1. The summed E-state index contributed by atoms with van der Waals surface area (Å²) in [5.74, 6) is 0. The van der Waals surface area contributed by atoms with Crippen LogP contribution in [-0.4, -0.2) is 34.2 Å². The van der Waals surface area contributed by atoms with Gasteiger partial charge in [-0.05, 0) is 19.3 Å². The van der Waals surface area contributed by atoms with E-state index >= 15 is 0 Å².